The lowest BCUT2D eigenvalue weighted by Crippen LogP contribution is -2.35. The Hall–Kier alpha value is -2.13. The van der Waals surface area contributed by atoms with Crippen LogP contribution in [-0.4, -0.2) is 52.9 Å². The third kappa shape index (κ3) is 4.64. The van der Waals surface area contributed by atoms with Crippen LogP contribution in [0.25, 0.3) is 21.3 Å². The van der Waals surface area contributed by atoms with Gasteiger partial charge in [-0.15, -0.1) is 11.3 Å². The van der Waals surface area contributed by atoms with Crippen molar-refractivity contribution in [2.75, 3.05) is 26.8 Å². The summed E-state index contributed by atoms with van der Waals surface area (Å²) in [6, 6.07) is 6.39. The summed E-state index contributed by atoms with van der Waals surface area (Å²) in [6.45, 7) is 3.89. The second kappa shape index (κ2) is 9.38. The van der Waals surface area contributed by atoms with E-state index in [0.717, 1.165) is 0 Å². The molecule has 0 aliphatic carbocycles. The molecule has 0 aliphatic rings. The molecule has 0 saturated carbocycles. The summed E-state index contributed by atoms with van der Waals surface area (Å²) in [5.41, 5.74) is 0.653. The molecule has 0 radical (unpaired) electrons. The minimum atomic E-state index is -0.457. The van der Waals surface area contributed by atoms with Gasteiger partial charge in [0.25, 0.3) is 5.56 Å². The van der Waals surface area contributed by atoms with Gasteiger partial charge in [0.05, 0.1) is 24.6 Å². The molecule has 3 aromatic rings. The Bertz CT molecular complexity index is 988. The molecular formula is C20H24FN3O3S. The first kappa shape index (κ1) is 20.6. The van der Waals surface area contributed by atoms with Crippen molar-refractivity contribution in [3.8, 4) is 11.1 Å². The van der Waals surface area contributed by atoms with E-state index < -0.39 is 6.10 Å². The van der Waals surface area contributed by atoms with Crippen molar-refractivity contribution in [2.45, 2.75) is 26.0 Å². The molecule has 0 fully saturated rings. The van der Waals surface area contributed by atoms with Crippen LogP contribution >= 0.6 is 11.3 Å². The van der Waals surface area contributed by atoms with Crippen LogP contribution in [0, 0.1) is 5.82 Å². The molecule has 6 nitrogen and oxygen atoms in total. The van der Waals surface area contributed by atoms with E-state index >= 15 is 0 Å². The first-order valence-electron chi connectivity index (χ1n) is 9.18. The summed E-state index contributed by atoms with van der Waals surface area (Å²) in [5, 5.41) is 12.1. The van der Waals surface area contributed by atoms with Crippen LogP contribution in [0.3, 0.4) is 0 Å². The van der Waals surface area contributed by atoms with Gasteiger partial charge in [-0.2, -0.15) is 0 Å². The van der Waals surface area contributed by atoms with Gasteiger partial charge in [-0.1, -0.05) is 25.1 Å². The van der Waals surface area contributed by atoms with E-state index in [1.807, 2.05) is 11.8 Å². The zero-order chi connectivity index (χ0) is 20.1. The molecule has 2 N–H and O–H groups in total. The van der Waals surface area contributed by atoms with Crippen LogP contribution in [0.5, 0.6) is 0 Å². The quantitative estimate of drug-likeness (QED) is 0.572. The maximum atomic E-state index is 14.2. The lowest BCUT2D eigenvalue weighted by Gasteiger charge is -2.23. The second-order valence-electron chi connectivity index (χ2n) is 6.61. The number of methoxy groups -OCH3 is 1. The maximum absolute atomic E-state index is 14.2. The van der Waals surface area contributed by atoms with E-state index in [4.69, 9.17) is 4.74 Å². The van der Waals surface area contributed by atoms with E-state index in [0.29, 0.717) is 59.8 Å². The number of aliphatic hydroxyl groups excluding tert-OH is 1. The summed E-state index contributed by atoms with van der Waals surface area (Å²) in [6.07, 6.45) is 0.185. The number of aromatic amines is 1. The fourth-order valence-corrected chi connectivity index (χ4v) is 4.00. The Balaban J connectivity index is 1.92. The molecule has 0 spiro atoms. The molecule has 1 unspecified atom stereocenters. The minimum Gasteiger partial charge on any atom is -0.392 e. The van der Waals surface area contributed by atoms with Crippen molar-refractivity contribution in [2.24, 2.45) is 0 Å². The minimum absolute atomic E-state index is 0.290. The summed E-state index contributed by atoms with van der Waals surface area (Å²) < 4.78 is 19.3. The van der Waals surface area contributed by atoms with Crippen molar-refractivity contribution < 1.29 is 14.2 Å². The van der Waals surface area contributed by atoms with Gasteiger partial charge in [-0.05, 0) is 12.5 Å². The molecule has 0 aliphatic heterocycles. The molecule has 1 atom stereocenters. The molecule has 2 aromatic heterocycles. The fourth-order valence-electron chi connectivity index (χ4n) is 3.04. The third-order valence-electron chi connectivity index (χ3n) is 4.58. The van der Waals surface area contributed by atoms with E-state index in [2.05, 4.69) is 9.97 Å². The van der Waals surface area contributed by atoms with Gasteiger partial charge in [0.15, 0.2) is 0 Å². The number of benzene rings is 1. The summed E-state index contributed by atoms with van der Waals surface area (Å²) >= 11 is 1.32. The highest BCUT2D eigenvalue weighted by molar-refractivity contribution is 7.17. The predicted molar refractivity (Wildman–Crippen MR) is 109 cm³/mol. The number of nitrogens with one attached hydrogen (secondary N) is 1. The van der Waals surface area contributed by atoms with Crippen LogP contribution in [0.4, 0.5) is 4.39 Å². The van der Waals surface area contributed by atoms with Gasteiger partial charge in [0.1, 0.15) is 16.5 Å². The van der Waals surface area contributed by atoms with Crippen molar-refractivity contribution in [1.82, 2.24) is 14.9 Å². The van der Waals surface area contributed by atoms with E-state index in [9.17, 15) is 14.3 Å². The lowest BCUT2D eigenvalue weighted by atomic mass is 10.1. The van der Waals surface area contributed by atoms with Gasteiger partial charge in [-0.25, -0.2) is 9.37 Å². The fraction of sp³-hybridized carbons (Fsp3) is 0.400. The largest absolute Gasteiger partial charge is 0.392 e. The summed E-state index contributed by atoms with van der Waals surface area (Å²) in [4.78, 5) is 22.7. The number of rotatable bonds is 9. The monoisotopic (exact) mass is 405 g/mol. The number of halogens is 1. The topological polar surface area (TPSA) is 78.5 Å². The Morgan fingerprint density at radius 1 is 1.36 bits per heavy atom. The number of aliphatic hydroxyl groups is 1. The molecule has 3 rings (SSSR count). The van der Waals surface area contributed by atoms with Crippen LogP contribution in [0.2, 0.25) is 0 Å². The van der Waals surface area contributed by atoms with E-state index in [1.165, 1.54) is 17.4 Å². The lowest BCUT2D eigenvalue weighted by molar-refractivity contribution is 0.0817. The maximum Gasteiger partial charge on any atom is 0.260 e. The molecule has 150 valence electrons. The van der Waals surface area contributed by atoms with Gasteiger partial charge in [-0.3, -0.25) is 9.69 Å². The zero-order valence-corrected chi connectivity index (χ0v) is 16.8. The average molecular weight is 405 g/mol. The highest BCUT2D eigenvalue weighted by Gasteiger charge is 2.17. The molecule has 0 amide bonds. The molecule has 28 heavy (non-hydrogen) atoms. The number of hydrogen-bond acceptors (Lipinski definition) is 6. The van der Waals surface area contributed by atoms with Gasteiger partial charge in [0, 0.05) is 36.7 Å². The van der Waals surface area contributed by atoms with Gasteiger partial charge < -0.3 is 14.8 Å². The van der Waals surface area contributed by atoms with Gasteiger partial charge in [0.2, 0.25) is 0 Å². The summed E-state index contributed by atoms with van der Waals surface area (Å²) in [7, 11) is 1.62. The van der Waals surface area contributed by atoms with Crippen molar-refractivity contribution in [3.63, 3.8) is 0 Å². The smallest absolute Gasteiger partial charge is 0.260 e. The number of hydrogen-bond donors (Lipinski definition) is 2. The molecule has 8 heteroatoms. The molecule has 2 heterocycles. The molecule has 0 saturated heterocycles. The Kier molecular flexibility index (Phi) is 6.90. The number of fused-ring (bicyclic) bond motifs is 1. The highest BCUT2D eigenvalue weighted by Crippen LogP contribution is 2.32. The van der Waals surface area contributed by atoms with Crippen molar-refractivity contribution in [3.05, 3.63) is 51.6 Å². The van der Waals surface area contributed by atoms with Crippen molar-refractivity contribution in [1.29, 1.82) is 0 Å². The average Bonchev–Trinajstić information content (AvgIpc) is 3.10. The second-order valence-corrected chi connectivity index (χ2v) is 7.47. The van der Waals surface area contributed by atoms with Crippen LogP contribution in [0.15, 0.2) is 34.4 Å². The van der Waals surface area contributed by atoms with Crippen LogP contribution in [0.1, 0.15) is 19.2 Å². The van der Waals surface area contributed by atoms with E-state index in [-0.39, 0.29) is 11.4 Å². The zero-order valence-electron chi connectivity index (χ0n) is 15.9. The number of aromatic nitrogens is 2. The van der Waals surface area contributed by atoms with Crippen LogP contribution < -0.4 is 5.56 Å². The normalized spacial score (nSPS) is 12.8. The SMILES string of the molecule is CCC(O)CN(CCOC)Cc1nc2scc(-c3ccccc3F)c2c(=O)[nH]1. The predicted octanol–water partition coefficient (Wildman–Crippen LogP) is 3.01. The third-order valence-corrected chi connectivity index (χ3v) is 5.45. The standard InChI is InChI=1S/C20H24FN3O3S/c1-3-13(25)10-24(8-9-27-2)11-17-22-19(26)18-15(12-28-20(18)23-17)14-6-4-5-7-16(14)21/h4-7,12-13,25H,3,8-11H2,1-2H3,(H,22,23,26). The van der Waals surface area contributed by atoms with Crippen LogP contribution in [-0.2, 0) is 11.3 Å². The number of thiophene rings is 1. The van der Waals surface area contributed by atoms with Gasteiger partial charge >= 0.3 is 0 Å². The highest BCUT2D eigenvalue weighted by atomic mass is 32.1. The molecule has 0 bridgehead atoms. The number of ether oxygens (including phenoxy) is 1. The first-order valence-corrected chi connectivity index (χ1v) is 10.1. The Morgan fingerprint density at radius 3 is 2.86 bits per heavy atom. The van der Waals surface area contributed by atoms with E-state index in [1.54, 1.807) is 30.7 Å². The number of H-pyrrole nitrogens is 1. The molecular weight excluding hydrogens is 381 g/mol. The first-order chi connectivity index (χ1) is 13.5. The number of nitrogens with zero attached hydrogens (tertiary/aromatic N) is 2. The molecule has 1 aromatic carbocycles. The van der Waals surface area contributed by atoms with Crippen molar-refractivity contribution >= 4 is 21.6 Å². The summed E-state index contributed by atoms with van der Waals surface area (Å²) in [5.74, 6) is 0.142. The Morgan fingerprint density at radius 2 is 2.14 bits per heavy atom. The Labute approximate surface area is 166 Å².